The third-order valence-corrected chi connectivity index (χ3v) is 2.59. The summed E-state index contributed by atoms with van der Waals surface area (Å²) in [5.41, 5.74) is 7.17. The Labute approximate surface area is 97.9 Å². The van der Waals surface area contributed by atoms with Gasteiger partial charge in [0, 0.05) is 11.6 Å². The van der Waals surface area contributed by atoms with E-state index in [9.17, 15) is 0 Å². The second-order valence-electron chi connectivity index (χ2n) is 3.42. The number of benzene rings is 1. The van der Waals surface area contributed by atoms with E-state index >= 15 is 0 Å². The first kappa shape index (κ1) is 10.8. The number of aryl methyl sites for hydroxylation is 1. The van der Waals surface area contributed by atoms with Crippen LogP contribution >= 0.6 is 11.6 Å². The Morgan fingerprint density at radius 1 is 1.38 bits per heavy atom. The monoisotopic (exact) mass is 238 g/mol. The number of hydrogen-bond acceptors (Lipinski definition) is 4. The molecule has 0 fully saturated rings. The van der Waals surface area contributed by atoms with E-state index in [1.54, 1.807) is 19.2 Å². The number of aromatic nitrogens is 1. The highest BCUT2D eigenvalue weighted by Gasteiger charge is 2.12. The van der Waals surface area contributed by atoms with Crippen LogP contribution in [0.4, 0.5) is 5.82 Å². The fourth-order valence-electron chi connectivity index (χ4n) is 1.48. The summed E-state index contributed by atoms with van der Waals surface area (Å²) in [5.74, 6) is 1.60. The van der Waals surface area contributed by atoms with Crippen molar-refractivity contribution in [2.75, 3.05) is 12.8 Å². The van der Waals surface area contributed by atoms with Gasteiger partial charge < -0.3 is 15.0 Å². The predicted molar refractivity (Wildman–Crippen MR) is 62.7 cm³/mol. The molecular formula is C11H11ClN2O2. The van der Waals surface area contributed by atoms with Gasteiger partial charge in [0.15, 0.2) is 11.6 Å². The van der Waals surface area contributed by atoms with Gasteiger partial charge in [0.1, 0.15) is 5.75 Å². The molecule has 0 saturated carbocycles. The summed E-state index contributed by atoms with van der Waals surface area (Å²) in [7, 11) is 1.61. The SMILES string of the molecule is COc1cc(-c2cc(N)no2)c(Cl)cc1C. The van der Waals surface area contributed by atoms with Gasteiger partial charge in [-0.3, -0.25) is 0 Å². The minimum absolute atomic E-state index is 0.325. The molecule has 2 N–H and O–H groups in total. The highest BCUT2D eigenvalue weighted by molar-refractivity contribution is 6.33. The van der Waals surface area contributed by atoms with Crippen molar-refractivity contribution < 1.29 is 9.26 Å². The zero-order valence-electron chi connectivity index (χ0n) is 8.95. The number of nitrogen functional groups attached to an aromatic ring is 1. The lowest BCUT2D eigenvalue weighted by Crippen LogP contribution is -1.88. The van der Waals surface area contributed by atoms with Crippen LogP contribution < -0.4 is 10.5 Å². The lowest BCUT2D eigenvalue weighted by Gasteiger charge is -2.07. The van der Waals surface area contributed by atoms with Gasteiger partial charge in [-0.05, 0) is 24.6 Å². The van der Waals surface area contributed by atoms with E-state index in [-0.39, 0.29) is 0 Å². The molecule has 0 atom stereocenters. The van der Waals surface area contributed by atoms with E-state index in [0.29, 0.717) is 22.2 Å². The minimum Gasteiger partial charge on any atom is -0.496 e. The first-order valence-corrected chi connectivity index (χ1v) is 5.06. The number of rotatable bonds is 2. The first-order valence-electron chi connectivity index (χ1n) is 4.68. The summed E-state index contributed by atoms with van der Waals surface area (Å²) in [4.78, 5) is 0. The molecule has 4 nitrogen and oxygen atoms in total. The van der Waals surface area contributed by atoms with Gasteiger partial charge >= 0.3 is 0 Å². The normalized spacial score (nSPS) is 10.4. The lowest BCUT2D eigenvalue weighted by molar-refractivity contribution is 0.410. The standard InChI is InChI=1S/C11H11ClN2O2/c1-6-3-8(12)7(4-9(6)15-2)10-5-11(13)14-16-10/h3-5H,1-2H3,(H2,13,14). The summed E-state index contributed by atoms with van der Waals surface area (Å²) in [6.45, 7) is 1.92. The van der Waals surface area contributed by atoms with Crippen LogP contribution in [0.15, 0.2) is 22.7 Å². The third kappa shape index (κ3) is 1.84. The predicted octanol–water partition coefficient (Wildman–Crippen LogP) is 2.89. The van der Waals surface area contributed by atoms with Crippen molar-refractivity contribution in [3.05, 3.63) is 28.8 Å². The molecular weight excluding hydrogens is 228 g/mol. The Morgan fingerprint density at radius 3 is 2.69 bits per heavy atom. The van der Waals surface area contributed by atoms with Crippen molar-refractivity contribution in [3.63, 3.8) is 0 Å². The second kappa shape index (κ2) is 4.06. The quantitative estimate of drug-likeness (QED) is 0.874. The molecule has 1 heterocycles. The molecule has 0 aliphatic rings. The number of nitrogens with two attached hydrogens (primary N) is 1. The Kier molecular flexibility index (Phi) is 2.75. The summed E-state index contributed by atoms with van der Waals surface area (Å²) >= 11 is 6.12. The minimum atomic E-state index is 0.325. The first-order chi connectivity index (χ1) is 7.61. The third-order valence-electron chi connectivity index (χ3n) is 2.28. The number of hydrogen-bond donors (Lipinski definition) is 1. The summed E-state index contributed by atoms with van der Waals surface area (Å²) in [6, 6.07) is 5.24. The van der Waals surface area contributed by atoms with Crippen molar-refractivity contribution in [1.29, 1.82) is 0 Å². The van der Waals surface area contributed by atoms with E-state index < -0.39 is 0 Å². The largest absolute Gasteiger partial charge is 0.496 e. The molecule has 0 amide bonds. The number of methoxy groups -OCH3 is 1. The van der Waals surface area contributed by atoms with Gasteiger partial charge in [-0.2, -0.15) is 0 Å². The molecule has 16 heavy (non-hydrogen) atoms. The molecule has 0 saturated heterocycles. The molecule has 0 radical (unpaired) electrons. The van der Waals surface area contributed by atoms with Crippen molar-refractivity contribution in [2.45, 2.75) is 6.92 Å². The molecule has 0 spiro atoms. The molecule has 0 aliphatic carbocycles. The maximum Gasteiger partial charge on any atom is 0.170 e. The van der Waals surface area contributed by atoms with Crippen LogP contribution in [0.3, 0.4) is 0 Å². The molecule has 0 unspecified atom stereocenters. The number of anilines is 1. The van der Waals surface area contributed by atoms with Gasteiger partial charge in [-0.25, -0.2) is 0 Å². The van der Waals surface area contributed by atoms with Crippen molar-refractivity contribution in [2.24, 2.45) is 0 Å². The van der Waals surface area contributed by atoms with Crippen molar-refractivity contribution >= 4 is 17.4 Å². The topological polar surface area (TPSA) is 61.3 Å². The van der Waals surface area contributed by atoms with Crippen molar-refractivity contribution in [1.82, 2.24) is 5.16 Å². The zero-order chi connectivity index (χ0) is 11.7. The number of ether oxygens (including phenoxy) is 1. The van der Waals surface area contributed by atoms with E-state index in [4.69, 9.17) is 26.6 Å². The fourth-order valence-corrected chi connectivity index (χ4v) is 1.79. The van der Waals surface area contributed by atoms with E-state index in [2.05, 4.69) is 5.16 Å². The smallest absolute Gasteiger partial charge is 0.170 e. The lowest BCUT2D eigenvalue weighted by atomic mass is 10.1. The van der Waals surface area contributed by atoms with Crippen LogP contribution in [0.1, 0.15) is 5.56 Å². The van der Waals surface area contributed by atoms with Crippen molar-refractivity contribution in [3.8, 4) is 17.1 Å². The van der Waals surface area contributed by atoms with E-state index in [0.717, 1.165) is 11.3 Å². The highest BCUT2D eigenvalue weighted by Crippen LogP contribution is 2.34. The molecule has 5 heteroatoms. The van der Waals surface area contributed by atoms with Gasteiger partial charge in [-0.1, -0.05) is 16.8 Å². The van der Waals surface area contributed by atoms with E-state index in [1.807, 2.05) is 13.0 Å². The maximum absolute atomic E-state index is 6.12. The van der Waals surface area contributed by atoms with Gasteiger partial charge in [0.25, 0.3) is 0 Å². The van der Waals surface area contributed by atoms with Gasteiger partial charge in [0.05, 0.1) is 12.1 Å². The number of halogens is 1. The van der Waals surface area contributed by atoms with Crippen LogP contribution in [-0.4, -0.2) is 12.3 Å². The van der Waals surface area contributed by atoms with Crippen LogP contribution in [-0.2, 0) is 0 Å². The average Bonchev–Trinajstić information content (AvgIpc) is 2.65. The van der Waals surface area contributed by atoms with Crippen LogP contribution in [0.2, 0.25) is 5.02 Å². The molecule has 0 aliphatic heterocycles. The Morgan fingerprint density at radius 2 is 2.12 bits per heavy atom. The fraction of sp³-hybridized carbons (Fsp3) is 0.182. The molecule has 2 aromatic rings. The molecule has 84 valence electrons. The van der Waals surface area contributed by atoms with Crippen LogP contribution in [0.5, 0.6) is 5.75 Å². The number of nitrogens with zero attached hydrogens (tertiary/aromatic N) is 1. The summed E-state index contributed by atoms with van der Waals surface area (Å²) < 4.78 is 10.3. The zero-order valence-corrected chi connectivity index (χ0v) is 9.71. The summed E-state index contributed by atoms with van der Waals surface area (Å²) in [5, 5.41) is 4.19. The Hall–Kier alpha value is -1.68. The maximum atomic E-state index is 6.12. The summed E-state index contributed by atoms with van der Waals surface area (Å²) in [6.07, 6.45) is 0. The van der Waals surface area contributed by atoms with Crippen LogP contribution in [0.25, 0.3) is 11.3 Å². The highest BCUT2D eigenvalue weighted by atomic mass is 35.5. The Balaban J connectivity index is 2.56. The molecule has 2 rings (SSSR count). The second-order valence-corrected chi connectivity index (χ2v) is 3.82. The van der Waals surface area contributed by atoms with Crippen LogP contribution in [0, 0.1) is 6.92 Å². The molecule has 1 aromatic heterocycles. The Bertz CT molecular complexity index is 523. The van der Waals surface area contributed by atoms with Gasteiger partial charge in [-0.15, -0.1) is 0 Å². The average molecular weight is 239 g/mol. The molecule has 1 aromatic carbocycles. The van der Waals surface area contributed by atoms with E-state index in [1.165, 1.54) is 0 Å². The van der Waals surface area contributed by atoms with Gasteiger partial charge in [0.2, 0.25) is 0 Å². The molecule has 0 bridgehead atoms.